The number of rotatable bonds is 4. The summed E-state index contributed by atoms with van der Waals surface area (Å²) in [5.74, 6) is -1.31. The highest BCUT2D eigenvalue weighted by molar-refractivity contribution is 7.90. The van der Waals surface area contributed by atoms with Crippen molar-refractivity contribution in [2.24, 2.45) is 5.92 Å². The fourth-order valence-corrected chi connectivity index (χ4v) is 3.39. The van der Waals surface area contributed by atoms with Gasteiger partial charge in [-0.2, -0.15) is 13.2 Å². The lowest BCUT2D eigenvalue weighted by molar-refractivity contribution is -0.149. The second kappa shape index (κ2) is 6.83. The van der Waals surface area contributed by atoms with Gasteiger partial charge in [0.05, 0.1) is 6.54 Å². The zero-order valence-electron chi connectivity index (χ0n) is 12.1. The first-order chi connectivity index (χ1) is 10.7. The molecule has 1 N–H and O–H groups in total. The Balaban J connectivity index is 1.91. The number of amides is 1. The molecule has 0 atom stereocenters. The molecule has 0 saturated carbocycles. The summed E-state index contributed by atoms with van der Waals surface area (Å²) in [6, 6.07) is 2.73. The van der Waals surface area contributed by atoms with Crippen molar-refractivity contribution in [2.45, 2.75) is 23.9 Å². The number of carbonyl (C=O) groups excluding carboxylic acids is 1. The van der Waals surface area contributed by atoms with Gasteiger partial charge in [0.25, 0.3) is 10.0 Å². The van der Waals surface area contributed by atoms with Gasteiger partial charge in [-0.05, 0) is 38.1 Å². The largest absolute Gasteiger partial charge is 0.401 e. The minimum absolute atomic E-state index is 0.102. The minimum Gasteiger partial charge on any atom is -0.295 e. The number of halogens is 3. The molecular weight excluding hydrogens is 335 g/mol. The van der Waals surface area contributed by atoms with Crippen molar-refractivity contribution < 1.29 is 26.4 Å². The molecule has 6 nitrogen and oxygen atoms in total. The Kier molecular flexibility index (Phi) is 5.25. The summed E-state index contributed by atoms with van der Waals surface area (Å²) in [7, 11) is -4.01. The van der Waals surface area contributed by atoms with Gasteiger partial charge >= 0.3 is 6.18 Å². The molecule has 0 aliphatic carbocycles. The molecule has 0 spiro atoms. The predicted octanol–water partition coefficient (Wildman–Crippen LogP) is 1.16. The van der Waals surface area contributed by atoms with Gasteiger partial charge in [-0.1, -0.05) is 0 Å². The molecule has 0 radical (unpaired) electrons. The van der Waals surface area contributed by atoms with Crippen LogP contribution in [0.3, 0.4) is 0 Å². The van der Waals surface area contributed by atoms with E-state index in [-0.39, 0.29) is 30.8 Å². The monoisotopic (exact) mass is 351 g/mol. The Morgan fingerprint density at radius 1 is 1.35 bits per heavy atom. The summed E-state index contributed by atoms with van der Waals surface area (Å²) in [4.78, 5) is 16.8. The number of piperidine rings is 1. The Morgan fingerprint density at radius 3 is 2.52 bits per heavy atom. The first-order valence-corrected chi connectivity index (χ1v) is 8.41. The number of nitrogens with one attached hydrogen (secondary N) is 1. The molecule has 128 valence electrons. The van der Waals surface area contributed by atoms with E-state index in [0.717, 1.165) is 6.20 Å². The van der Waals surface area contributed by atoms with Gasteiger partial charge in [0.1, 0.15) is 4.90 Å². The second-order valence-electron chi connectivity index (χ2n) is 5.32. The molecule has 1 fully saturated rings. The van der Waals surface area contributed by atoms with Gasteiger partial charge < -0.3 is 0 Å². The number of carbonyl (C=O) groups is 1. The van der Waals surface area contributed by atoms with Crippen LogP contribution in [0.4, 0.5) is 13.2 Å². The van der Waals surface area contributed by atoms with Crippen LogP contribution in [0.2, 0.25) is 0 Å². The standard InChI is InChI=1S/C13H16F3N3O3S/c14-13(15,16)9-19-6-3-10(4-7-19)12(20)18-23(21,22)11-2-1-5-17-8-11/h1-2,5,8,10H,3-4,6-7,9H2,(H,18,20). The number of sulfonamides is 1. The maximum atomic E-state index is 12.3. The molecule has 1 aromatic heterocycles. The maximum absolute atomic E-state index is 12.3. The number of nitrogens with zero attached hydrogens (tertiary/aromatic N) is 2. The number of hydrogen-bond donors (Lipinski definition) is 1. The van der Waals surface area contributed by atoms with Crippen LogP contribution >= 0.6 is 0 Å². The Labute approximate surface area is 131 Å². The third-order valence-electron chi connectivity index (χ3n) is 3.54. The number of hydrogen-bond acceptors (Lipinski definition) is 5. The van der Waals surface area contributed by atoms with E-state index < -0.39 is 34.6 Å². The van der Waals surface area contributed by atoms with Crippen molar-refractivity contribution in [3.63, 3.8) is 0 Å². The highest BCUT2D eigenvalue weighted by Gasteiger charge is 2.34. The minimum atomic E-state index is -4.28. The first-order valence-electron chi connectivity index (χ1n) is 6.93. The number of aromatic nitrogens is 1. The van der Waals surface area contributed by atoms with E-state index >= 15 is 0 Å². The Morgan fingerprint density at radius 2 is 2.00 bits per heavy atom. The number of pyridine rings is 1. The highest BCUT2D eigenvalue weighted by atomic mass is 32.2. The van der Waals surface area contributed by atoms with Crippen molar-refractivity contribution in [3.05, 3.63) is 24.5 Å². The molecule has 0 aromatic carbocycles. The van der Waals surface area contributed by atoms with Gasteiger partial charge in [0.15, 0.2) is 0 Å². The van der Waals surface area contributed by atoms with E-state index in [1.165, 1.54) is 23.2 Å². The number of alkyl halides is 3. The average Bonchev–Trinajstić information content (AvgIpc) is 2.47. The summed E-state index contributed by atoms with van der Waals surface area (Å²) < 4.78 is 62.9. The molecule has 1 amide bonds. The molecule has 1 aromatic rings. The van der Waals surface area contributed by atoms with Gasteiger partial charge in [0.2, 0.25) is 5.91 Å². The molecule has 1 saturated heterocycles. The normalized spacial score (nSPS) is 17.9. The fraction of sp³-hybridized carbons (Fsp3) is 0.538. The second-order valence-corrected chi connectivity index (χ2v) is 7.01. The van der Waals surface area contributed by atoms with Crippen LogP contribution in [0.15, 0.2) is 29.4 Å². The fourth-order valence-electron chi connectivity index (χ4n) is 2.39. The third kappa shape index (κ3) is 5.17. The van der Waals surface area contributed by atoms with Crippen molar-refractivity contribution in [3.8, 4) is 0 Å². The van der Waals surface area contributed by atoms with Crippen molar-refractivity contribution in [2.75, 3.05) is 19.6 Å². The SMILES string of the molecule is O=C(NS(=O)(=O)c1cccnc1)C1CCN(CC(F)(F)F)CC1. The van der Waals surface area contributed by atoms with E-state index in [0.29, 0.717) is 0 Å². The zero-order chi connectivity index (χ0) is 17.1. The van der Waals surface area contributed by atoms with Crippen LogP contribution in [0.1, 0.15) is 12.8 Å². The quantitative estimate of drug-likeness (QED) is 0.881. The van der Waals surface area contributed by atoms with E-state index in [9.17, 15) is 26.4 Å². The molecular formula is C13H16F3N3O3S. The number of likely N-dealkylation sites (tertiary alicyclic amines) is 1. The van der Waals surface area contributed by atoms with E-state index in [1.54, 1.807) is 0 Å². The van der Waals surface area contributed by atoms with Gasteiger partial charge in [-0.15, -0.1) is 0 Å². The van der Waals surface area contributed by atoms with E-state index in [2.05, 4.69) is 4.98 Å². The Bertz CT molecular complexity index is 641. The lowest BCUT2D eigenvalue weighted by atomic mass is 9.96. The topological polar surface area (TPSA) is 79.4 Å². The van der Waals surface area contributed by atoms with Crippen LogP contribution in [0.25, 0.3) is 0 Å². The molecule has 2 rings (SSSR count). The maximum Gasteiger partial charge on any atom is 0.401 e. The highest BCUT2D eigenvalue weighted by Crippen LogP contribution is 2.23. The zero-order valence-corrected chi connectivity index (χ0v) is 12.9. The van der Waals surface area contributed by atoms with Crippen LogP contribution in [-0.2, 0) is 14.8 Å². The summed E-state index contributed by atoms with van der Waals surface area (Å²) in [5, 5.41) is 0. The predicted molar refractivity (Wildman–Crippen MR) is 74.8 cm³/mol. The van der Waals surface area contributed by atoms with Gasteiger partial charge in [0, 0.05) is 18.3 Å². The molecule has 1 aliphatic heterocycles. The summed E-state index contributed by atoms with van der Waals surface area (Å²) >= 11 is 0. The van der Waals surface area contributed by atoms with Crippen LogP contribution in [0.5, 0.6) is 0 Å². The lowest BCUT2D eigenvalue weighted by Crippen LogP contribution is -2.44. The average molecular weight is 351 g/mol. The third-order valence-corrected chi connectivity index (χ3v) is 4.87. The molecule has 2 heterocycles. The first kappa shape index (κ1) is 17.7. The summed E-state index contributed by atoms with van der Waals surface area (Å²) in [6.45, 7) is -0.815. The molecule has 10 heteroatoms. The smallest absolute Gasteiger partial charge is 0.295 e. The van der Waals surface area contributed by atoms with E-state index in [1.807, 2.05) is 4.72 Å². The van der Waals surface area contributed by atoms with Gasteiger partial charge in [-0.25, -0.2) is 13.1 Å². The van der Waals surface area contributed by atoms with Gasteiger partial charge in [-0.3, -0.25) is 14.7 Å². The summed E-state index contributed by atoms with van der Waals surface area (Å²) in [5.41, 5.74) is 0. The molecule has 0 unspecified atom stereocenters. The molecule has 23 heavy (non-hydrogen) atoms. The molecule has 1 aliphatic rings. The van der Waals surface area contributed by atoms with Crippen molar-refractivity contribution in [1.29, 1.82) is 0 Å². The molecule has 0 bridgehead atoms. The van der Waals surface area contributed by atoms with Crippen molar-refractivity contribution >= 4 is 15.9 Å². The van der Waals surface area contributed by atoms with Crippen LogP contribution in [-0.4, -0.2) is 50.0 Å². The van der Waals surface area contributed by atoms with Crippen LogP contribution < -0.4 is 4.72 Å². The lowest BCUT2D eigenvalue weighted by Gasteiger charge is -2.31. The van der Waals surface area contributed by atoms with E-state index in [4.69, 9.17) is 0 Å². The van der Waals surface area contributed by atoms with Crippen LogP contribution in [0, 0.1) is 5.92 Å². The van der Waals surface area contributed by atoms with Crippen molar-refractivity contribution in [1.82, 2.24) is 14.6 Å². The Hall–Kier alpha value is -1.68. The summed E-state index contributed by atoms with van der Waals surface area (Å²) in [6.07, 6.45) is -1.40.